The van der Waals surface area contributed by atoms with Crippen molar-refractivity contribution in [2.24, 2.45) is 5.92 Å². The first kappa shape index (κ1) is 12.4. The molecule has 0 fully saturated rings. The van der Waals surface area contributed by atoms with Crippen LogP contribution in [0.2, 0.25) is 0 Å². The minimum absolute atomic E-state index is 0.0657. The summed E-state index contributed by atoms with van der Waals surface area (Å²) in [5.41, 5.74) is 4.09. The second-order valence-corrected chi connectivity index (χ2v) is 4.26. The van der Waals surface area contributed by atoms with E-state index in [1.165, 1.54) is 0 Å². The minimum Gasteiger partial charge on any atom is -0.395 e. The van der Waals surface area contributed by atoms with Crippen LogP contribution in [-0.4, -0.2) is 12.5 Å². The van der Waals surface area contributed by atoms with E-state index in [9.17, 15) is 14.4 Å². The van der Waals surface area contributed by atoms with Crippen LogP contribution in [0.25, 0.3) is 0 Å². The Labute approximate surface area is 93.3 Å². The molecular formula is C11H16N2O3. The third-order valence-corrected chi connectivity index (χ3v) is 2.43. The standard InChI is InChI=1S/C11H16N2O3/c1-6(2)3-4-13-8(14)5-7-9(12)11(16)10(7)15/h6H,3-5,12H2,1-2H3,(H,13,14). The van der Waals surface area contributed by atoms with Crippen molar-refractivity contribution in [1.82, 2.24) is 5.32 Å². The van der Waals surface area contributed by atoms with Crippen molar-refractivity contribution in [3.63, 3.8) is 0 Å². The fourth-order valence-electron chi connectivity index (χ4n) is 1.36. The van der Waals surface area contributed by atoms with Crippen LogP contribution in [0.1, 0.15) is 25.8 Å². The number of nitrogen functional groups attached to an aromatic ring is 1. The zero-order valence-corrected chi connectivity index (χ0v) is 9.50. The van der Waals surface area contributed by atoms with Crippen LogP contribution < -0.4 is 21.9 Å². The maximum Gasteiger partial charge on any atom is 0.249 e. The highest BCUT2D eigenvalue weighted by atomic mass is 16.2. The van der Waals surface area contributed by atoms with Crippen molar-refractivity contribution in [2.45, 2.75) is 26.7 Å². The average Bonchev–Trinajstić information content (AvgIpc) is 2.23. The number of amides is 1. The molecule has 0 aliphatic heterocycles. The predicted molar refractivity (Wildman–Crippen MR) is 61.9 cm³/mol. The van der Waals surface area contributed by atoms with Gasteiger partial charge in [0.05, 0.1) is 12.1 Å². The molecule has 0 atom stereocenters. The van der Waals surface area contributed by atoms with Gasteiger partial charge in [-0.3, -0.25) is 14.4 Å². The minimum atomic E-state index is -0.676. The van der Waals surface area contributed by atoms with Gasteiger partial charge in [0.25, 0.3) is 0 Å². The molecule has 0 unspecified atom stereocenters. The van der Waals surface area contributed by atoms with Gasteiger partial charge < -0.3 is 11.1 Å². The number of nitrogens with one attached hydrogen (secondary N) is 1. The SMILES string of the molecule is CC(C)CCNC(=O)Cc1c(N)c(=O)c1=O. The van der Waals surface area contributed by atoms with Gasteiger partial charge in [0.1, 0.15) is 0 Å². The summed E-state index contributed by atoms with van der Waals surface area (Å²) in [6, 6.07) is 0. The normalized spacial score (nSPS) is 10.9. The Balaban J connectivity index is 2.42. The van der Waals surface area contributed by atoms with Crippen LogP contribution >= 0.6 is 0 Å². The quantitative estimate of drug-likeness (QED) is 0.664. The summed E-state index contributed by atoms with van der Waals surface area (Å²) in [5, 5.41) is 2.68. The molecule has 0 bridgehead atoms. The molecule has 0 radical (unpaired) electrons. The summed E-state index contributed by atoms with van der Waals surface area (Å²) >= 11 is 0. The Morgan fingerprint density at radius 1 is 1.31 bits per heavy atom. The molecule has 0 heterocycles. The van der Waals surface area contributed by atoms with Crippen molar-refractivity contribution < 1.29 is 4.79 Å². The molecule has 1 aromatic rings. The first-order valence-electron chi connectivity index (χ1n) is 5.27. The number of anilines is 1. The number of hydrogen-bond acceptors (Lipinski definition) is 4. The molecule has 0 spiro atoms. The molecule has 5 nitrogen and oxygen atoms in total. The summed E-state index contributed by atoms with van der Waals surface area (Å²) < 4.78 is 0. The van der Waals surface area contributed by atoms with Crippen LogP contribution in [0, 0.1) is 5.92 Å². The van der Waals surface area contributed by atoms with Gasteiger partial charge in [-0.2, -0.15) is 0 Å². The molecule has 0 saturated carbocycles. The molecule has 16 heavy (non-hydrogen) atoms. The van der Waals surface area contributed by atoms with Crippen molar-refractivity contribution in [2.75, 3.05) is 12.3 Å². The lowest BCUT2D eigenvalue weighted by Crippen LogP contribution is -2.41. The summed E-state index contributed by atoms with van der Waals surface area (Å²) in [7, 11) is 0. The Kier molecular flexibility index (Phi) is 3.82. The molecule has 5 heteroatoms. The average molecular weight is 224 g/mol. The number of nitrogens with two attached hydrogens (primary N) is 1. The Morgan fingerprint density at radius 2 is 1.94 bits per heavy atom. The lowest BCUT2D eigenvalue weighted by molar-refractivity contribution is -0.120. The van der Waals surface area contributed by atoms with Gasteiger partial charge in [-0.1, -0.05) is 13.8 Å². The van der Waals surface area contributed by atoms with Gasteiger partial charge in [0.15, 0.2) is 0 Å². The van der Waals surface area contributed by atoms with E-state index in [1.807, 2.05) is 0 Å². The topological polar surface area (TPSA) is 89.3 Å². The maximum absolute atomic E-state index is 11.4. The number of rotatable bonds is 5. The van der Waals surface area contributed by atoms with Gasteiger partial charge >= 0.3 is 0 Å². The summed E-state index contributed by atoms with van der Waals surface area (Å²) in [5.74, 6) is 0.246. The van der Waals surface area contributed by atoms with Gasteiger partial charge in [-0.25, -0.2) is 0 Å². The van der Waals surface area contributed by atoms with Crippen LogP contribution in [0.4, 0.5) is 5.69 Å². The Bertz CT molecular complexity index is 456. The predicted octanol–water partition coefficient (Wildman–Crippen LogP) is -0.430. The Morgan fingerprint density at radius 3 is 2.44 bits per heavy atom. The van der Waals surface area contributed by atoms with Gasteiger partial charge in [0.2, 0.25) is 16.8 Å². The van der Waals surface area contributed by atoms with Gasteiger partial charge in [0, 0.05) is 12.1 Å². The molecule has 3 N–H and O–H groups in total. The number of carbonyl (C=O) groups excluding carboxylic acids is 1. The van der Waals surface area contributed by atoms with E-state index in [2.05, 4.69) is 19.2 Å². The van der Waals surface area contributed by atoms with Gasteiger partial charge in [-0.05, 0) is 12.3 Å². The first-order valence-corrected chi connectivity index (χ1v) is 5.27. The van der Waals surface area contributed by atoms with Gasteiger partial charge in [-0.15, -0.1) is 0 Å². The van der Waals surface area contributed by atoms with Crippen molar-refractivity contribution in [1.29, 1.82) is 0 Å². The van der Waals surface area contributed by atoms with Crippen molar-refractivity contribution in [3.8, 4) is 0 Å². The molecule has 0 aromatic heterocycles. The van der Waals surface area contributed by atoms with E-state index in [0.717, 1.165) is 6.42 Å². The highest BCUT2D eigenvalue weighted by Gasteiger charge is 2.19. The largest absolute Gasteiger partial charge is 0.395 e. The van der Waals surface area contributed by atoms with Crippen LogP contribution in [0.15, 0.2) is 9.59 Å². The fourth-order valence-corrected chi connectivity index (χ4v) is 1.36. The highest BCUT2D eigenvalue weighted by Crippen LogP contribution is 2.03. The summed E-state index contributed by atoms with van der Waals surface area (Å²) in [6.45, 7) is 4.69. The summed E-state index contributed by atoms with van der Waals surface area (Å²) in [4.78, 5) is 33.2. The van der Waals surface area contributed by atoms with E-state index >= 15 is 0 Å². The molecule has 1 rings (SSSR count). The van der Waals surface area contributed by atoms with E-state index in [4.69, 9.17) is 5.73 Å². The van der Waals surface area contributed by atoms with E-state index < -0.39 is 10.9 Å². The molecule has 1 aromatic carbocycles. The smallest absolute Gasteiger partial charge is 0.249 e. The number of hydrogen-bond donors (Lipinski definition) is 2. The zero-order valence-electron chi connectivity index (χ0n) is 9.50. The monoisotopic (exact) mass is 224 g/mol. The third kappa shape index (κ3) is 2.68. The lowest BCUT2D eigenvalue weighted by atomic mass is 10.0. The van der Waals surface area contributed by atoms with E-state index in [0.29, 0.717) is 12.5 Å². The molecule has 0 aliphatic carbocycles. The van der Waals surface area contributed by atoms with Crippen LogP contribution in [-0.2, 0) is 11.2 Å². The fraction of sp³-hybridized carbons (Fsp3) is 0.545. The van der Waals surface area contributed by atoms with E-state index in [-0.39, 0.29) is 23.6 Å². The van der Waals surface area contributed by atoms with Crippen LogP contribution in [0.3, 0.4) is 0 Å². The zero-order chi connectivity index (χ0) is 12.3. The second kappa shape index (κ2) is 4.92. The van der Waals surface area contributed by atoms with Crippen molar-refractivity contribution in [3.05, 3.63) is 26.0 Å². The molecule has 1 amide bonds. The lowest BCUT2D eigenvalue weighted by Gasteiger charge is -2.08. The van der Waals surface area contributed by atoms with Crippen LogP contribution in [0.5, 0.6) is 0 Å². The van der Waals surface area contributed by atoms with E-state index in [1.54, 1.807) is 0 Å². The third-order valence-electron chi connectivity index (χ3n) is 2.43. The molecule has 0 saturated heterocycles. The number of carbonyl (C=O) groups is 1. The van der Waals surface area contributed by atoms with Crippen molar-refractivity contribution >= 4 is 11.6 Å². The molecule has 88 valence electrons. The Hall–Kier alpha value is -1.65. The molecule has 0 aliphatic rings. The molecular weight excluding hydrogens is 208 g/mol. The first-order chi connectivity index (χ1) is 7.43. The summed E-state index contributed by atoms with van der Waals surface area (Å²) in [6.07, 6.45) is 0.793. The maximum atomic E-state index is 11.4. The highest BCUT2D eigenvalue weighted by molar-refractivity contribution is 5.80. The second-order valence-electron chi connectivity index (χ2n) is 4.26.